The van der Waals surface area contributed by atoms with Crippen LogP contribution < -0.4 is 5.32 Å². The third kappa shape index (κ3) is 34.8. The first-order chi connectivity index (χ1) is 24.1. The minimum Gasteiger partial charge on any atom is -0.394 e. The molecule has 0 aromatic heterocycles. The molecule has 0 fully saturated rings. The number of amides is 1. The van der Waals surface area contributed by atoms with E-state index in [1.165, 1.54) is 135 Å². The smallest absolute Gasteiger partial charge is 0.220 e. The summed E-state index contributed by atoms with van der Waals surface area (Å²) in [6.07, 6.45) is 48.3. The van der Waals surface area contributed by atoms with Gasteiger partial charge in [-0.05, 0) is 70.6 Å². The molecule has 3 atom stereocenters. The zero-order chi connectivity index (χ0) is 35.9. The van der Waals surface area contributed by atoms with Crippen LogP contribution in [0.2, 0.25) is 0 Å². The topological polar surface area (TPSA) is 89.8 Å². The molecular formula is C44H83NO4. The van der Waals surface area contributed by atoms with E-state index in [0.717, 1.165) is 51.4 Å². The fourth-order valence-corrected chi connectivity index (χ4v) is 6.33. The molecule has 5 nitrogen and oxygen atoms in total. The van der Waals surface area contributed by atoms with Crippen LogP contribution in [-0.2, 0) is 4.79 Å². The molecule has 49 heavy (non-hydrogen) atoms. The highest BCUT2D eigenvalue weighted by Crippen LogP contribution is 2.15. The number of hydrogen-bond acceptors (Lipinski definition) is 4. The zero-order valence-electron chi connectivity index (χ0n) is 32.6. The molecule has 0 aromatic rings. The van der Waals surface area contributed by atoms with E-state index in [0.29, 0.717) is 12.8 Å². The van der Waals surface area contributed by atoms with Crippen molar-refractivity contribution < 1.29 is 20.1 Å². The van der Waals surface area contributed by atoms with Crippen LogP contribution in [0.4, 0.5) is 0 Å². The highest BCUT2D eigenvalue weighted by molar-refractivity contribution is 5.76. The van der Waals surface area contributed by atoms with Crippen LogP contribution in [-0.4, -0.2) is 46.1 Å². The Balaban J connectivity index is 3.62. The molecule has 0 aliphatic carbocycles. The number of allylic oxidation sites excluding steroid dienone is 6. The molecule has 288 valence electrons. The monoisotopic (exact) mass is 690 g/mol. The predicted octanol–water partition coefficient (Wildman–Crippen LogP) is 12.0. The van der Waals surface area contributed by atoms with Gasteiger partial charge in [-0.2, -0.15) is 0 Å². The maximum Gasteiger partial charge on any atom is 0.220 e. The number of hydrogen-bond donors (Lipinski definition) is 4. The lowest BCUT2D eigenvalue weighted by molar-refractivity contribution is -0.124. The van der Waals surface area contributed by atoms with E-state index in [1.807, 2.05) is 0 Å². The lowest BCUT2D eigenvalue weighted by Gasteiger charge is -2.26. The third-order valence-electron chi connectivity index (χ3n) is 9.69. The maximum absolute atomic E-state index is 12.4. The van der Waals surface area contributed by atoms with Crippen molar-refractivity contribution in [3.05, 3.63) is 36.5 Å². The molecule has 0 aliphatic rings. The molecular weight excluding hydrogens is 606 g/mol. The van der Waals surface area contributed by atoms with Crippen molar-refractivity contribution in [2.24, 2.45) is 0 Å². The Kier molecular flexibility index (Phi) is 38.2. The lowest BCUT2D eigenvalue weighted by atomic mass is 10.0. The van der Waals surface area contributed by atoms with Crippen molar-refractivity contribution in [3.63, 3.8) is 0 Å². The molecule has 5 heteroatoms. The van der Waals surface area contributed by atoms with Crippen molar-refractivity contribution in [1.29, 1.82) is 0 Å². The van der Waals surface area contributed by atoms with E-state index in [1.54, 1.807) is 0 Å². The normalized spacial score (nSPS) is 14.0. The van der Waals surface area contributed by atoms with Gasteiger partial charge in [0.05, 0.1) is 18.8 Å². The first-order valence-corrected chi connectivity index (χ1v) is 21.3. The summed E-state index contributed by atoms with van der Waals surface area (Å²) >= 11 is 0. The summed E-state index contributed by atoms with van der Waals surface area (Å²) in [4.78, 5) is 12.4. The Morgan fingerprint density at radius 2 is 0.857 bits per heavy atom. The van der Waals surface area contributed by atoms with E-state index in [4.69, 9.17) is 0 Å². The van der Waals surface area contributed by atoms with Gasteiger partial charge in [0.1, 0.15) is 6.10 Å². The average molecular weight is 690 g/mol. The van der Waals surface area contributed by atoms with Crippen LogP contribution in [0.3, 0.4) is 0 Å². The largest absolute Gasteiger partial charge is 0.394 e. The van der Waals surface area contributed by atoms with E-state index < -0.39 is 18.2 Å². The molecule has 0 radical (unpaired) electrons. The van der Waals surface area contributed by atoms with Gasteiger partial charge in [-0.15, -0.1) is 0 Å². The lowest BCUT2D eigenvalue weighted by Crippen LogP contribution is -2.50. The summed E-state index contributed by atoms with van der Waals surface area (Å²) in [6, 6.07) is -0.832. The number of rotatable bonds is 38. The Morgan fingerprint density at radius 1 is 0.490 bits per heavy atom. The minimum atomic E-state index is -1.17. The Morgan fingerprint density at radius 3 is 1.31 bits per heavy atom. The molecule has 0 heterocycles. The highest BCUT2D eigenvalue weighted by Gasteiger charge is 2.26. The molecule has 4 N–H and O–H groups in total. The standard InChI is InChI=1S/C44H83NO4/c1-3-5-7-9-11-13-15-16-17-18-19-20-21-22-23-24-25-26-27-29-31-33-35-37-39-43(48)45-41(40-46)44(49)42(47)38-36-34-32-30-28-14-12-10-8-6-4-2/h10,12,22-23,30,32,41-42,44,46-47,49H,3-9,11,13-21,24-29,31,33-40H2,1-2H3,(H,45,48)/b12-10+,23-22-,32-30+. The molecule has 1 amide bonds. The van der Waals surface area contributed by atoms with Crippen molar-refractivity contribution >= 4 is 5.91 Å². The van der Waals surface area contributed by atoms with Crippen LogP contribution >= 0.6 is 0 Å². The Labute approximate surface area is 304 Å². The van der Waals surface area contributed by atoms with Gasteiger partial charge in [0.2, 0.25) is 5.91 Å². The number of carbonyl (C=O) groups is 1. The summed E-state index contributed by atoms with van der Waals surface area (Å²) in [5.74, 6) is -0.163. The van der Waals surface area contributed by atoms with E-state index in [-0.39, 0.29) is 12.5 Å². The number of carbonyl (C=O) groups excluding carboxylic acids is 1. The second-order valence-electron chi connectivity index (χ2n) is 14.5. The average Bonchev–Trinajstić information content (AvgIpc) is 3.10. The minimum absolute atomic E-state index is 0.163. The van der Waals surface area contributed by atoms with Crippen LogP contribution in [0.15, 0.2) is 36.5 Å². The first kappa shape index (κ1) is 47.6. The van der Waals surface area contributed by atoms with Crippen molar-refractivity contribution in [2.75, 3.05) is 6.61 Å². The van der Waals surface area contributed by atoms with Crippen LogP contribution in [0.5, 0.6) is 0 Å². The molecule has 0 aliphatic heterocycles. The van der Waals surface area contributed by atoms with Crippen LogP contribution in [0, 0.1) is 0 Å². The third-order valence-corrected chi connectivity index (χ3v) is 9.69. The maximum atomic E-state index is 12.4. The van der Waals surface area contributed by atoms with Crippen molar-refractivity contribution in [2.45, 2.75) is 231 Å². The van der Waals surface area contributed by atoms with Gasteiger partial charge in [0.15, 0.2) is 0 Å². The summed E-state index contributed by atoms with van der Waals surface area (Å²) in [5.41, 5.74) is 0. The number of unbranched alkanes of at least 4 members (excludes halogenated alkanes) is 24. The highest BCUT2D eigenvalue weighted by atomic mass is 16.3. The zero-order valence-corrected chi connectivity index (χ0v) is 32.6. The number of aliphatic hydroxyl groups is 3. The molecule has 0 bridgehead atoms. The van der Waals surface area contributed by atoms with Crippen LogP contribution in [0.1, 0.15) is 213 Å². The second kappa shape index (κ2) is 39.4. The summed E-state index contributed by atoms with van der Waals surface area (Å²) in [6.45, 7) is 4.11. The van der Waals surface area contributed by atoms with Gasteiger partial charge in [0.25, 0.3) is 0 Å². The molecule has 0 spiro atoms. The van der Waals surface area contributed by atoms with Crippen molar-refractivity contribution in [1.82, 2.24) is 5.32 Å². The number of aliphatic hydroxyl groups excluding tert-OH is 3. The Bertz CT molecular complexity index is 764. The fraction of sp³-hybridized carbons (Fsp3) is 0.841. The predicted molar refractivity (Wildman–Crippen MR) is 213 cm³/mol. The second-order valence-corrected chi connectivity index (χ2v) is 14.5. The van der Waals surface area contributed by atoms with Gasteiger partial charge < -0.3 is 20.6 Å². The Hall–Kier alpha value is -1.43. The molecule has 0 aromatic carbocycles. The number of nitrogens with one attached hydrogen (secondary N) is 1. The first-order valence-electron chi connectivity index (χ1n) is 21.3. The van der Waals surface area contributed by atoms with E-state index in [9.17, 15) is 20.1 Å². The molecule has 0 saturated carbocycles. The molecule has 3 unspecified atom stereocenters. The van der Waals surface area contributed by atoms with Gasteiger partial charge in [-0.25, -0.2) is 0 Å². The summed E-state index contributed by atoms with van der Waals surface area (Å²) in [7, 11) is 0. The van der Waals surface area contributed by atoms with Gasteiger partial charge >= 0.3 is 0 Å². The molecule has 0 saturated heterocycles. The fourth-order valence-electron chi connectivity index (χ4n) is 6.33. The van der Waals surface area contributed by atoms with Crippen LogP contribution in [0.25, 0.3) is 0 Å². The van der Waals surface area contributed by atoms with Gasteiger partial charge in [-0.1, -0.05) is 172 Å². The van der Waals surface area contributed by atoms with E-state index in [2.05, 4.69) is 55.6 Å². The summed E-state index contributed by atoms with van der Waals surface area (Å²) < 4.78 is 0. The SMILES string of the molecule is CCCC/C=C/CC/C=C/CCCC(O)C(O)C(CO)NC(=O)CCCCCCCCCC/C=C\CCCCCCCCCCCCCC. The summed E-state index contributed by atoms with van der Waals surface area (Å²) in [5, 5.41) is 33.3. The molecule has 0 rings (SSSR count). The van der Waals surface area contributed by atoms with Crippen molar-refractivity contribution in [3.8, 4) is 0 Å². The van der Waals surface area contributed by atoms with E-state index >= 15 is 0 Å². The van der Waals surface area contributed by atoms with Gasteiger partial charge in [-0.3, -0.25) is 4.79 Å². The van der Waals surface area contributed by atoms with Gasteiger partial charge in [0, 0.05) is 6.42 Å². The quantitative estimate of drug-likeness (QED) is 0.0384.